The molecule has 8 heteroatoms. The van der Waals surface area contributed by atoms with Crippen LogP contribution < -0.4 is 9.46 Å². The van der Waals surface area contributed by atoms with E-state index < -0.39 is 21.8 Å². The summed E-state index contributed by atoms with van der Waals surface area (Å²) in [6, 6.07) is 5.65. The molecule has 0 amide bonds. The van der Waals surface area contributed by atoms with Gasteiger partial charge in [0.1, 0.15) is 5.75 Å². The minimum absolute atomic E-state index is 0.0308. The summed E-state index contributed by atoms with van der Waals surface area (Å²) in [5.41, 5.74) is 0.502. The summed E-state index contributed by atoms with van der Waals surface area (Å²) in [6.45, 7) is 4.96. The molecule has 0 atom stereocenters. The highest BCUT2D eigenvalue weighted by Gasteiger charge is 2.31. The number of nitrogens with one attached hydrogen (secondary N) is 1. The predicted molar refractivity (Wildman–Crippen MR) is 89.5 cm³/mol. The van der Waals surface area contributed by atoms with Gasteiger partial charge in [0.15, 0.2) is 0 Å². The quantitative estimate of drug-likeness (QED) is 0.862. The number of hydrogen-bond acceptors (Lipinski definition) is 3. The molecule has 0 heterocycles. The van der Waals surface area contributed by atoms with Gasteiger partial charge in [0.25, 0.3) is 10.0 Å². The number of aryl methyl sites for hydroxylation is 1. The van der Waals surface area contributed by atoms with Crippen LogP contribution in [0.5, 0.6) is 5.75 Å². The van der Waals surface area contributed by atoms with Crippen molar-refractivity contribution in [1.82, 2.24) is 0 Å². The second-order valence-electron chi connectivity index (χ2n) is 5.66. The van der Waals surface area contributed by atoms with Crippen LogP contribution in [0.25, 0.3) is 0 Å². The van der Waals surface area contributed by atoms with Gasteiger partial charge in [-0.25, -0.2) is 8.42 Å². The summed E-state index contributed by atoms with van der Waals surface area (Å²) >= 11 is 0. The van der Waals surface area contributed by atoms with Crippen molar-refractivity contribution in [3.05, 3.63) is 52.6 Å². The lowest BCUT2D eigenvalue weighted by atomic mass is 10.1. The van der Waals surface area contributed by atoms with E-state index in [-0.39, 0.29) is 10.6 Å². The number of alkyl halides is 3. The third-order valence-corrected chi connectivity index (χ3v) is 5.58. The maximum Gasteiger partial charge on any atom is 0.416 e. The molecule has 2 aromatic carbocycles. The Labute approximate surface area is 144 Å². The number of benzene rings is 2. The van der Waals surface area contributed by atoms with E-state index in [0.29, 0.717) is 22.4 Å². The van der Waals surface area contributed by atoms with Crippen molar-refractivity contribution in [2.45, 2.75) is 31.8 Å². The van der Waals surface area contributed by atoms with Crippen molar-refractivity contribution in [3.63, 3.8) is 0 Å². The third-order valence-electron chi connectivity index (χ3n) is 3.91. The van der Waals surface area contributed by atoms with Crippen LogP contribution in [0.15, 0.2) is 35.2 Å². The first-order chi connectivity index (χ1) is 11.5. The molecule has 0 aliphatic carbocycles. The number of ether oxygens (including phenoxy) is 1. The molecule has 25 heavy (non-hydrogen) atoms. The van der Waals surface area contributed by atoms with Crippen molar-refractivity contribution in [1.29, 1.82) is 0 Å². The monoisotopic (exact) mass is 373 g/mol. The molecule has 0 aromatic heterocycles. The maximum atomic E-state index is 12.8. The lowest BCUT2D eigenvalue weighted by Gasteiger charge is -2.17. The van der Waals surface area contributed by atoms with Gasteiger partial charge in [-0.1, -0.05) is 6.07 Å². The lowest BCUT2D eigenvalue weighted by Crippen LogP contribution is -2.17. The Morgan fingerprint density at radius 2 is 1.68 bits per heavy atom. The van der Waals surface area contributed by atoms with Gasteiger partial charge < -0.3 is 4.74 Å². The molecule has 0 unspecified atom stereocenters. The average molecular weight is 373 g/mol. The molecule has 0 aliphatic heterocycles. The molecular formula is C17H18F3NO3S. The first kappa shape index (κ1) is 19.1. The summed E-state index contributed by atoms with van der Waals surface area (Å²) in [7, 11) is -2.57. The fourth-order valence-electron chi connectivity index (χ4n) is 2.61. The maximum absolute atomic E-state index is 12.8. The molecule has 4 nitrogen and oxygen atoms in total. The van der Waals surface area contributed by atoms with E-state index in [1.54, 1.807) is 26.8 Å². The molecule has 0 fully saturated rings. The summed E-state index contributed by atoms with van der Waals surface area (Å²) < 4.78 is 71.3. The molecular weight excluding hydrogens is 355 g/mol. The summed E-state index contributed by atoms with van der Waals surface area (Å²) in [4.78, 5) is 0.0308. The van der Waals surface area contributed by atoms with E-state index in [1.165, 1.54) is 13.2 Å². The van der Waals surface area contributed by atoms with Crippen LogP contribution in [-0.2, 0) is 16.2 Å². The van der Waals surface area contributed by atoms with Gasteiger partial charge in [0.2, 0.25) is 0 Å². The zero-order chi connectivity index (χ0) is 19.0. The molecule has 0 saturated heterocycles. The number of anilines is 1. The molecule has 0 saturated carbocycles. The van der Waals surface area contributed by atoms with Gasteiger partial charge in [-0.15, -0.1) is 0 Å². The first-order valence-corrected chi connectivity index (χ1v) is 8.80. The topological polar surface area (TPSA) is 55.4 Å². The number of rotatable bonds is 4. The Morgan fingerprint density at radius 1 is 1.04 bits per heavy atom. The van der Waals surface area contributed by atoms with Gasteiger partial charge in [-0.2, -0.15) is 13.2 Å². The van der Waals surface area contributed by atoms with Crippen LogP contribution >= 0.6 is 0 Å². The fourth-order valence-corrected chi connectivity index (χ4v) is 4.19. The number of sulfonamides is 1. The van der Waals surface area contributed by atoms with Gasteiger partial charge in [0.05, 0.1) is 17.6 Å². The summed E-state index contributed by atoms with van der Waals surface area (Å²) in [5.74, 6) is 0.549. The molecule has 0 spiro atoms. The van der Waals surface area contributed by atoms with Crippen LogP contribution in [0, 0.1) is 20.8 Å². The van der Waals surface area contributed by atoms with Gasteiger partial charge >= 0.3 is 6.18 Å². The fraction of sp³-hybridized carbons (Fsp3) is 0.294. The zero-order valence-corrected chi connectivity index (χ0v) is 15.0. The number of methoxy groups -OCH3 is 1. The van der Waals surface area contributed by atoms with Crippen molar-refractivity contribution in [2.75, 3.05) is 11.8 Å². The first-order valence-electron chi connectivity index (χ1n) is 7.32. The normalized spacial score (nSPS) is 12.1. The van der Waals surface area contributed by atoms with Crippen LogP contribution in [0.2, 0.25) is 0 Å². The molecule has 0 bridgehead atoms. The van der Waals surface area contributed by atoms with Gasteiger partial charge in [-0.05, 0) is 61.7 Å². The molecule has 0 aliphatic rings. The minimum atomic E-state index is -4.55. The average Bonchev–Trinajstić information content (AvgIpc) is 2.49. The summed E-state index contributed by atoms with van der Waals surface area (Å²) in [6.07, 6.45) is -4.55. The van der Waals surface area contributed by atoms with Crippen molar-refractivity contribution >= 4 is 15.7 Å². The third kappa shape index (κ3) is 3.89. The van der Waals surface area contributed by atoms with E-state index in [2.05, 4.69) is 4.72 Å². The minimum Gasteiger partial charge on any atom is -0.496 e. The van der Waals surface area contributed by atoms with E-state index in [4.69, 9.17) is 4.74 Å². The molecule has 1 N–H and O–H groups in total. The van der Waals surface area contributed by atoms with Crippen LogP contribution in [0.1, 0.15) is 22.3 Å². The number of halogens is 3. The zero-order valence-electron chi connectivity index (χ0n) is 14.2. The molecule has 0 radical (unpaired) electrons. The predicted octanol–water partition coefficient (Wildman–Crippen LogP) is 4.44. The lowest BCUT2D eigenvalue weighted by molar-refractivity contribution is -0.137. The Bertz CT molecular complexity index is 906. The van der Waals surface area contributed by atoms with Gasteiger partial charge in [0, 0.05) is 5.69 Å². The van der Waals surface area contributed by atoms with Crippen LogP contribution in [-0.4, -0.2) is 15.5 Å². The largest absolute Gasteiger partial charge is 0.496 e. The van der Waals surface area contributed by atoms with Crippen molar-refractivity contribution < 1.29 is 26.3 Å². The summed E-state index contributed by atoms with van der Waals surface area (Å²) in [5, 5.41) is 0. The van der Waals surface area contributed by atoms with E-state index in [1.807, 2.05) is 0 Å². The Balaban J connectivity index is 2.50. The van der Waals surface area contributed by atoms with Crippen molar-refractivity contribution in [2.24, 2.45) is 0 Å². The van der Waals surface area contributed by atoms with E-state index >= 15 is 0 Å². The second-order valence-corrected chi connectivity index (χ2v) is 7.28. The van der Waals surface area contributed by atoms with Crippen molar-refractivity contribution in [3.8, 4) is 5.75 Å². The number of hydrogen-bond donors (Lipinski definition) is 1. The highest BCUT2D eigenvalue weighted by Crippen LogP contribution is 2.33. The SMILES string of the molecule is COc1cc(C)c(S(=O)(=O)Nc2cccc(C(F)(F)F)c2)c(C)c1C. The van der Waals surface area contributed by atoms with Crippen LogP contribution in [0.3, 0.4) is 0 Å². The smallest absolute Gasteiger partial charge is 0.416 e. The van der Waals surface area contributed by atoms with E-state index in [0.717, 1.165) is 18.2 Å². The Morgan fingerprint density at radius 3 is 2.24 bits per heavy atom. The van der Waals surface area contributed by atoms with Gasteiger partial charge in [-0.3, -0.25) is 4.72 Å². The standard InChI is InChI=1S/C17H18F3NO3S/c1-10-8-15(24-4)11(2)12(3)16(10)25(22,23)21-14-7-5-6-13(9-14)17(18,19)20/h5-9,21H,1-4H3. The Kier molecular flexibility index (Phi) is 5.04. The highest BCUT2D eigenvalue weighted by atomic mass is 32.2. The highest BCUT2D eigenvalue weighted by molar-refractivity contribution is 7.92. The molecule has 2 aromatic rings. The molecule has 136 valence electrons. The molecule has 2 rings (SSSR count). The second kappa shape index (κ2) is 6.59. The van der Waals surface area contributed by atoms with Crippen LogP contribution in [0.4, 0.5) is 18.9 Å². The van der Waals surface area contributed by atoms with E-state index in [9.17, 15) is 21.6 Å². The Hall–Kier alpha value is -2.22.